The maximum atomic E-state index is 11.8. The standard InChI is InChI=1S/C14H13NO4S/c1-18-14(17)11-10(8-20-12(11)15)7-19-13(16)9-5-3-2-4-6-9/h2-6,8H,7,15H2,1H3. The van der Waals surface area contributed by atoms with Gasteiger partial charge in [0, 0.05) is 10.9 Å². The molecule has 20 heavy (non-hydrogen) atoms. The third-order valence-corrected chi connectivity index (χ3v) is 3.51. The molecule has 104 valence electrons. The van der Waals surface area contributed by atoms with Crippen LogP contribution < -0.4 is 5.73 Å². The van der Waals surface area contributed by atoms with Gasteiger partial charge < -0.3 is 15.2 Å². The topological polar surface area (TPSA) is 78.6 Å². The molecule has 1 heterocycles. The lowest BCUT2D eigenvalue weighted by atomic mass is 10.2. The van der Waals surface area contributed by atoms with Crippen molar-refractivity contribution in [1.29, 1.82) is 0 Å². The molecule has 0 radical (unpaired) electrons. The predicted molar refractivity (Wildman–Crippen MR) is 75.6 cm³/mol. The minimum atomic E-state index is -0.533. The molecular weight excluding hydrogens is 278 g/mol. The summed E-state index contributed by atoms with van der Waals surface area (Å²) in [5.74, 6) is -0.985. The second kappa shape index (κ2) is 6.21. The highest BCUT2D eigenvalue weighted by atomic mass is 32.1. The highest BCUT2D eigenvalue weighted by molar-refractivity contribution is 7.14. The van der Waals surface area contributed by atoms with Gasteiger partial charge in [-0.25, -0.2) is 9.59 Å². The highest BCUT2D eigenvalue weighted by Gasteiger charge is 2.19. The van der Waals surface area contributed by atoms with Crippen LogP contribution in [0.1, 0.15) is 26.3 Å². The maximum absolute atomic E-state index is 11.8. The fourth-order valence-corrected chi connectivity index (χ4v) is 2.44. The number of rotatable bonds is 4. The van der Waals surface area contributed by atoms with Crippen LogP contribution in [-0.2, 0) is 16.1 Å². The van der Waals surface area contributed by atoms with E-state index in [2.05, 4.69) is 4.74 Å². The van der Waals surface area contributed by atoms with Gasteiger partial charge >= 0.3 is 11.9 Å². The van der Waals surface area contributed by atoms with Crippen LogP contribution >= 0.6 is 11.3 Å². The summed E-state index contributed by atoms with van der Waals surface area (Å²) in [5, 5.41) is 2.03. The van der Waals surface area contributed by atoms with Gasteiger partial charge in [-0.05, 0) is 12.1 Å². The Hall–Kier alpha value is -2.34. The Kier molecular flexibility index (Phi) is 4.37. The molecule has 1 aromatic carbocycles. The first-order valence-corrected chi connectivity index (χ1v) is 6.67. The number of esters is 2. The Morgan fingerprint density at radius 3 is 2.55 bits per heavy atom. The number of carbonyl (C=O) groups is 2. The van der Waals surface area contributed by atoms with Gasteiger partial charge in [0.2, 0.25) is 0 Å². The van der Waals surface area contributed by atoms with E-state index in [0.29, 0.717) is 16.1 Å². The Morgan fingerprint density at radius 1 is 1.20 bits per heavy atom. The SMILES string of the molecule is COC(=O)c1c(COC(=O)c2ccccc2)csc1N. The minimum Gasteiger partial charge on any atom is -0.465 e. The third-order valence-electron chi connectivity index (χ3n) is 2.65. The molecule has 0 atom stereocenters. The fraction of sp³-hybridized carbons (Fsp3) is 0.143. The molecule has 0 aliphatic rings. The third kappa shape index (κ3) is 2.97. The summed E-state index contributed by atoms with van der Waals surface area (Å²) in [4.78, 5) is 23.4. The summed E-state index contributed by atoms with van der Waals surface area (Å²) in [6.07, 6.45) is 0. The van der Waals surface area contributed by atoms with Crippen LogP contribution in [0.25, 0.3) is 0 Å². The van der Waals surface area contributed by atoms with Crippen LogP contribution in [0.4, 0.5) is 5.00 Å². The summed E-state index contributed by atoms with van der Waals surface area (Å²) in [5.41, 5.74) is 6.97. The lowest BCUT2D eigenvalue weighted by molar-refractivity contribution is 0.0462. The zero-order chi connectivity index (χ0) is 14.5. The van der Waals surface area contributed by atoms with Crippen LogP contribution in [0.15, 0.2) is 35.7 Å². The molecule has 0 aliphatic carbocycles. The Labute approximate surface area is 119 Å². The first-order valence-electron chi connectivity index (χ1n) is 5.79. The normalized spacial score (nSPS) is 10.1. The minimum absolute atomic E-state index is 0.0220. The van der Waals surface area contributed by atoms with Crippen LogP contribution in [0, 0.1) is 0 Å². The molecule has 0 amide bonds. The summed E-state index contributed by atoms with van der Waals surface area (Å²) >= 11 is 1.21. The van der Waals surface area contributed by atoms with E-state index in [4.69, 9.17) is 10.5 Å². The molecule has 6 heteroatoms. The number of benzene rings is 1. The van der Waals surface area contributed by atoms with Gasteiger partial charge in [0.1, 0.15) is 17.2 Å². The van der Waals surface area contributed by atoms with E-state index in [-0.39, 0.29) is 12.2 Å². The van der Waals surface area contributed by atoms with Gasteiger partial charge in [0.05, 0.1) is 12.7 Å². The van der Waals surface area contributed by atoms with Crippen LogP contribution in [-0.4, -0.2) is 19.0 Å². The summed E-state index contributed by atoms with van der Waals surface area (Å²) in [7, 11) is 1.28. The smallest absolute Gasteiger partial charge is 0.341 e. The van der Waals surface area contributed by atoms with Gasteiger partial charge in [0.15, 0.2) is 0 Å². The molecule has 0 saturated heterocycles. The Balaban J connectivity index is 2.08. The second-order valence-electron chi connectivity index (χ2n) is 3.93. The summed E-state index contributed by atoms with van der Waals surface area (Å²) < 4.78 is 9.82. The van der Waals surface area contributed by atoms with Crippen LogP contribution in [0.3, 0.4) is 0 Å². The van der Waals surface area contributed by atoms with E-state index in [1.165, 1.54) is 18.4 Å². The number of anilines is 1. The van der Waals surface area contributed by atoms with Crippen molar-refractivity contribution in [3.05, 3.63) is 52.4 Å². The fourth-order valence-electron chi connectivity index (χ4n) is 1.65. The number of methoxy groups -OCH3 is 1. The van der Waals surface area contributed by atoms with E-state index >= 15 is 0 Å². The summed E-state index contributed by atoms with van der Waals surface area (Å²) in [6.45, 7) is -0.0220. The van der Waals surface area contributed by atoms with Crippen molar-refractivity contribution in [3.63, 3.8) is 0 Å². The van der Waals surface area contributed by atoms with Gasteiger partial charge in [-0.1, -0.05) is 18.2 Å². The van der Waals surface area contributed by atoms with Crippen LogP contribution in [0.2, 0.25) is 0 Å². The van der Waals surface area contributed by atoms with Crippen molar-refractivity contribution >= 4 is 28.3 Å². The Morgan fingerprint density at radius 2 is 1.90 bits per heavy atom. The monoisotopic (exact) mass is 291 g/mol. The highest BCUT2D eigenvalue weighted by Crippen LogP contribution is 2.26. The molecular formula is C14H13NO4S. The zero-order valence-electron chi connectivity index (χ0n) is 10.8. The quantitative estimate of drug-likeness (QED) is 0.875. The second-order valence-corrected chi connectivity index (χ2v) is 4.85. The molecule has 0 bridgehead atoms. The number of ether oxygens (including phenoxy) is 2. The van der Waals surface area contributed by atoms with Crippen molar-refractivity contribution in [3.8, 4) is 0 Å². The molecule has 5 nitrogen and oxygen atoms in total. The number of hydrogen-bond donors (Lipinski definition) is 1. The van der Waals surface area contributed by atoms with E-state index < -0.39 is 11.9 Å². The number of carbonyl (C=O) groups excluding carboxylic acids is 2. The number of nitrogen functional groups attached to an aromatic ring is 1. The zero-order valence-corrected chi connectivity index (χ0v) is 11.6. The van der Waals surface area contributed by atoms with Gasteiger partial charge in [-0.15, -0.1) is 11.3 Å². The van der Waals surface area contributed by atoms with Crippen molar-refractivity contribution < 1.29 is 19.1 Å². The van der Waals surface area contributed by atoms with Gasteiger partial charge in [-0.3, -0.25) is 0 Å². The molecule has 0 spiro atoms. The van der Waals surface area contributed by atoms with Gasteiger partial charge in [0.25, 0.3) is 0 Å². The van der Waals surface area contributed by atoms with E-state index in [1.54, 1.807) is 29.6 Å². The molecule has 0 saturated carbocycles. The van der Waals surface area contributed by atoms with Crippen molar-refractivity contribution in [2.75, 3.05) is 12.8 Å². The number of hydrogen-bond acceptors (Lipinski definition) is 6. The first-order chi connectivity index (χ1) is 9.63. The van der Waals surface area contributed by atoms with Crippen LogP contribution in [0.5, 0.6) is 0 Å². The van der Waals surface area contributed by atoms with E-state index in [0.717, 1.165) is 0 Å². The first kappa shape index (κ1) is 14.1. The predicted octanol–water partition coefficient (Wildman–Crippen LogP) is 2.47. The largest absolute Gasteiger partial charge is 0.465 e. The van der Waals surface area contributed by atoms with E-state index in [1.807, 2.05) is 6.07 Å². The molecule has 2 N–H and O–H groups in total. The lowest BCUT2D eigenvalue weighted by Crippen LogP contribution is -2.09. The van der Waals surface area contributed by atoms with Crippen molar-refractivity contribution in [2.45, 2.75) is 6.61 Å². The summed E-state index contributed by atoms with van der Waals surface area (Å²) in [6, 6.07) is 8.63. The Bertz CT molecular complexity index is 621. The number of thiophene rings is 1. The average Bonchev–Trinajstić information content (AvgIpc) is 2.86. The number of nitrogens with two attached hydrogens (primary N) is 1. The lowest BCUT2D eigenvalue weighted by Gasteiger charge is -2.06. The van der Waals surface area contributed by atoms with Crippen molar-refractivity contribution in [1.82, 2.24) is 0 Å². The molecule has 0 aliphatic heterocycles. The molecule has 2 aromatic rings. The van der Waals surface area contributed by atoms with Crippen molar-refractivity contribution in [2.24, 2.45) is 0 Å². The molecule has 1 aromatic heterocycles. The molecule has 0 unspecified atom stereocenters. The average molecular weight is 291 g/mol. The molecule has 0 fully saturated rings. The maximum Gasteiger partial charge on any atom is 0.341 e. The van der Waals surface area contributed by atoms with Gasteiger partial charge in [-0.2, -0.15) is 0 Å². The molecule has 2 rings (SSSR count). The van der Waals surface area contributed by atoms with E-state index in [9.17, 15) is 9.59 Å².